The summed E-state index contributed by atoms with van der Waals surface area (Å²) in [5.41, 5.74) is 6.81. The molecule has 0 radical (unpaired) electrons. The van der Waals surface area contributed by atoms with E-state index in [-0.39, 0.29) is 17.0 Å². The highest BCUT2D eigenvalue weighted by atomic mass is 32.2. The minimum absolute atomic E-state index is 0.0859. The topological polar surface area (TPSA) is 111 Å². The zero-order chi connectivity index (χ0) is 20.3. The van der Waals surface area contributed by atoms with Crippen LogP contribution in [0.2, 0.25) is 0 Å². The molecule has 0 saturated carbocycles. The predicted octanol–water partition coefficient (Wildman–Crippen LogP) is 1.74. The van der Waals surface area contributed by atoms with Crippen molar-refractivity contribution in [3.8, 4) is 22.8 Å². The summed E-state index contributed by atoms with van der Waals surface area (Å²) in [6.45, 7) is 0. The molecule has 1 heterocycles. The minimum Gasteiger partial charge on any atom is -0.497 e. The summed E-state index contributed by atoms with van der Waals surface area (Å²) < 4.78 is 6.69. The number of quaternary nitrogens is 1. The van der Waals surface area contributed by atoms with Crippen LogP contribution in [0.5, 0.6) is 5.75 Å². The monoisotopic (exact) mass is 396 g/mol. The Morgan fingerprint density at radius 2 is 1.82 bits per heavy atom. The lowest BCUT2D eigenvalue weighted by Crippen LogP contribution is -2.74. The smallest absolute Gasteiger partial charge is 0.275 e. The standard InChI is InChI=1S/C20H21N5O2S/c1-23-18-16(17(21)22)20(26)25(13-6-8-14(27-2)9-7-13)19(24-18)12-4-10-15(28-3)11-5-12/h4-11,23H,1-3H3,(H3,21,22)/p+1. The molecule has 0 saturated heterocycles. The molecule has 0 fully saturated rings. The van der Waals surface area contributed by atoms with Crippen molar-refractivity contribution in [1.82, 2.24) is 9.55 Å². The van der Waals surface area contributed by atoms with Crippen molar-refractivity contribution in [3.63, 3.8) is 0 Å². The zero-order valence-electron chi connectivity index (χ0n) is 15.9. The second-order valence-corrected chi connectivity index (χ2v) is 6.84. The van der Waals surface area contributed by atoms with E-state index >= 15 is 0 Å². The first-order chi connectivity index (χ1) is 13.5. The molecule has 0 aliphatic carbocycles. The predicted molar refractivity (Wildman–Crippen MR) is 112 cm³/mol. The molecule has 0 atom stereocenters. The van der Waals surface area contributed by atoms with Gasteiger partial charge in [-0.05, 0) is 42.7 Å². The number of nitrogens with zero attached hydrogens (tertiary/aromatic N) is 2. The second-order valence-electron chi connectivity index (χ2n) is 5.97. The largest absolute Gasteiger partial charge is 0.497 e. The average Bonchev–Trinajstić information content (AvgIpc) is 2.72. The molecule has 0 spiro atoms. The van der Waals surface area contributed by atoms with E-state index in [0.29, 0.717) is 23.1 Å². The van der Waals surface area contributed by atoms with E-state index in [0.717, 1.165) is 10.5 Å². The lowest BCUT2D eigenvalue weighted by molar-refractivity contribution is -0.543. The highest BCUT2D eigenvalue weighted by molar-refractivity contribution is 7.98. The Kier molecular flexibility index (Phi) is 5.81. The molecule has 0 amide bonds. The fourth-order valence-corrected chi connectivity index (χ4v) is 3.31. The molecule has 3 rings (SSSR count). The lowest BCUT2D eigenvalue weighted by atomic mass is 10.1. The van der Waals surface area contributed by atoms with Gasteiger partial charge in [-0.3, -0.25) is 20.1 Å². The molecule has 8 heteroatoms. The van der Waals surface area contributed by atoms with E-state index in [9.17, 15) is 4.79 Å². The van der Waals surface area contributed by atoms with Crippen molar-refractivity contribution < 1.29 is 10.1 Å². The lowest BCUT2D eigenvalue weighted by Gasteiger charge is -2.15. The molecule has 144 valence electrons. The van der Waals surface area contributed by atoms with Crippen molar-refractivity contribution in [2.75, 3.05) is 20.4 Å². The fourth-order valence-electron chi connectivity index (χ4n) is 2.90. The van der Waals surface area contributed by atoms with Gasteiger partial charge >= 0.3 is 0 Å². The van der Waals surface area contributed by atoms with Gasteiger partial charge in [0.25, 0.3) is 5.56 Å². The van der Waals surface area contributed by atoms with Crippen LogP contribution in [0.4, 0.5) is 5.82 Å². The van der Waals surface area contributed by atoms with Gasteiger partial charge in [-0.1, -0.05) is 12.1 Å². The van der Waals surface area contributed by atoms with Crippen molar-refractivity contribution in [3.05, 3.63) is 64.4 Å². The molecule has 1 aromatic heterocycles. The number of amidine groups is 1. The van der Waals surface area contributed by atoms with Crippen LogP contribution in [0.1, 0.15) is 5.56 Å². The van der Waals surface area contributed by atoms with Gasteiger partial charge in [0, 0.05) is 10.5 Å². The number of nitrogen functional groups attached to an aromatic ring is 1. The number of benzene rings is 2. The summed E-state index contributed by atoms with van der Waals surface area (Å²) in [7, 11) is 3.35. The SMILES string of the molecule is C[NH2+]c1nc(-c2ccc(SC)cc2)n(-c2ccc(OC)cc2)c(=O)c1C(=N)N. The van der Waals surface area contributed by atoms with Crippen LogP contribution in [0, 0.1) is 5.41 Å². The first kappa shape index (κ1) is 19.7. The summed E-state index contributed by atoms with van der Waals surface area (Å²) in [5.74, 6) is 1.25. The van der Waals surface area contributed by atoms with Crippen molar-refractivity contribution in [2.24, 2.45) is 5.73 Å². The maximum absolute atomic E-state index is 13.3. The average molecular weight is 396 g/mol. The van der Waals surface area contributed by atoms with Crippen molar-refractivity contribution in [1.29, 1.82) is 5.41 Å². The number of ether oxygens (including phenoxy) is 1. The van der Waals surface area contributed by atoms with Gasteiger partial charge in [-0.15, -0.1) is 11.8 Å². The molecule has 0 bridgehead atoms. The number of thioether (sulfide) groups is 1. The van der Waals surface area contributed by atoms with Gasteiger partial charge in [0.1, 0.15) is 11.6 Å². The van der Waals surface area contributed by atoms with Crippen LogP contribution < -0.4 is 21.3 Å². The Hall–Kier alpha value is -3.10. The molecule has 28 heavy (non-hydrogen) atoms. The van der Waals surface area contributed by atoms with Crippen molar-refractivity contribution in [2.45, 2.75) is 4.90 Å². The molecular weight excluding hydrogens is 374 g/mol. The molecular formula is C20H22N5O2S+. The number of rotatable bonds is 6. The van der Waals surface area contributed by atoms with E-state index in [1.54, 1.807) is 55.5 Å². The summed E-state index contributed by atoms with van der Waals surface area (Å²) in [6, 6.07) is 14.9. The second kappa shape index (κ2) is 8.28. The Labute approximate surface area is 167 Å². The number of nitrogens with two attached hydrogens (primary N) is 2. The minimum atomic E-state index is -0.385. The van der Waals surface area contributed by atoms with Gasteiger partial charge in [0.15, 0.2) is 11.4 Å². The number of nitrogens with one attached hydrogen (secondary N) is 1. The van der Waals surface area contributed by atoms with Gasteiger partial charge in [0.05, 0.1) is 19.8 Å². The van der Waals surface area contributed by atoms with Crippen LogP contribution in [0.15, 0.2) is 58.2 Å². The van der Waals surface area contributed by atoms with E-state index < -0.39 is 0 Å². The Bertz CT molecular complexity index is 1060. The fraction of sp³-hybridized carbons (Fsp3) is 0.150. The molecule has 3 aromatic rings. The number of hydrogen-bond donors (Lipinski definition) is 3. The summed E-state index contributed by atoms with van der Waals surface area (Å²) in [5, 5.41) is 9.54. The Balaban J connectivity index is 2.33. The molecule has 7 nitrogen and oxygen atoms in total. The summed E-state index contributed by atoms with van der Waals surface area (Å²) in [4.78, 5) is 19.1. The highest BCUT2D eigenvalue weighted by Crippen LogP contribution is 2.25. The Morgan fingerprint density at radius 1 is 1.18 bits per heavy atom. The maximum Gasteiger partial charge on any atom is 0.275 e. The van der Waals surface area contributed by atoms with E-state index in [1.807, 2.05) is 30.5 Å². The van der Waals surface area contributed by atoms with E-state index in [4.69, 9.17) is 15.9 Å². The third-order valence-corrected chi connectivity index (χ3v) is 5.08. The quantitative estimate of drug-likeness (QED) is 0.334. The first-order valence-corrected chi connectivity index (χ1v) is 9.82. The Morgan fingerprint density at radius 3 is 2.32 bits per heavy atom. The maximum atomic E-state index is 13.3. The van der Waals surface area contributed by atoms with Gasteiger partial charge in [-0.2, -0.15) is 4.98 Å². The van der Waals surface area contributed by atoms with Gasteiger partial charge < -0.3 is 10.5 Å². The van der Waals surface area contributed by atoms with E-state index in [2.05, 4.69) is 4.98 Å². The van der Waals surface area contributed by atoms with E-state index in [1.165, 1.54) is 4.57 Å². The highest BCUT2D eigenvalue weighted by Gasteiger charge is 2.22. The molecule has 0 unspecified atom stereocenters. The van der Waals surface area contributed by atoms with Crippen molar-refractivity contribution >= 4 is 23.4 Å². The first-order valence-electron chi connectivity index (χ1n) is 8.59. The van der Waals surface area contributed by atoms with Crippen LogP contribution in [-0.4, -0.2) is 35.8 Å². The zero-order valence-corrected chi connectivity index (χ0v) is 16.7. The van der Waals surface area contributed by atoms with Crippen LogP contribution in [-0.2, 0) is 0 Å². The molecule has 2 aromatic carbocycles. The van der Waals surface area contributed by atoms with Crippen LogP contribution in [0.3, 0.4) is 0 Å². The third kappa shape index (κ3) is 3.64. The summed E-state index contributed by atoms with van der Waals surface area (Å²) in [6.07, 6.45) is 2.01. The molecule has 0 aliphatic heterocycles. The normalized spacial score (nSPS) is 10.7. The molecule has 0 aliphatic rings. The van der Waals surface area contributed by atoms with Crippen LogP contribution in [0.25, 0.3) is 17.1 Å². The number of hydrogen-bond acceptors (Lipinski definition) is 5. The molecule has 5 N–H and O–H groups in total. The third-order valence-electron chi connectivity index (χ3n) is 4.33. The number of aromatic nitrogens is 2. The van der Waals surface area contributed by atoms with Crippen LogP contribution >= 0.6 is 11.8 Å². The number of methoxy groups -OCH3 is 1. The van der Waals surface area contributed by atoms with Gasteiger partial charge in [0.2, 0.25) is 5.82 Å². The van der Waals surface area contributed by atoms with Gasteiger partial charge in [-0.25, -0.2) is 0 Å². The summed E-state index contributed by atoms with van der Waals surface area (Å²) >= 11 is 1.64.